The van der Waals surface area contributed by atoms with E-state index < -0.39 is 17.6 Å². The van der Waals surface area contributed by atoms with Crippen LogP contribution in [-0.4, -0.2) is 42.3 Å². The normalized spacial score (nSPS) is 13.3. The number of nitrogens with two attached hydrogens (primary N) is 1. The molecule has 1 atom stereocenters. The van der Waals surface area contributed by atoms with Gasteiger partial charge in [-0.15, -0.1) is 0 Å². The molecule has 0 fully saturated rings. The number of methoxy groups -OCH3 is 1. The highest BCUT2D eigenvalue weighted by atomic mass is 16.5. The number of ether oxygens (including phenoxy) is 1. The Morgan fingerprint density at radius 2 is 2.07 bits per heavy atom. The van der Waals surface area contributed by atoms with Gasteiger partial charge < -0.3 is 20.9 Å². The molecule has 0 aromatic heterocycles. The Labute approximate surface area is 88.8 Å². The van der Waals surface area contributed by atoms with E-state index in [1.54, 1.807) is 13.8 Å². The minimum atomic E-state index is -0.971. The second-order valence-corrected chi connectivity index (χ2v) is 3.89. The molecular formula is C9H18N2O4. The number of carbonyl (C=O) groups is 2. The van der Waals surface area contributed by atoms with Crippen molar-refractivity contribution in [1.29, 1.82) is 0 Å². The summed E-state index contributed by atoms with van der Waals surface area (Å²) >= 11 is 0. The van der Waals surface area contributed by atoms with Crippen LogP contribution >= 0.6 is 0 Å². The molecule has 6 heteroatoms. The van der Waals surface area contributed by atoms with Crippen molar-refractivity contribution >= 4 is 11.9 Å². The lowest BCUT2D eigenvalue weighted by Gasteiger charge is -2.20. The Morgan fingerprint density at radius 1 is 1.53 bits per heavy atom. The van der Waals surface area contributed by atoms with E-state index in [-0.39, 0.29) is 18.9 Å². The molecular weight excluding hydrogens is 200 g/mol. The highest BCUT2D eigenvalue weighted by molar-refractivity contribution is 5.85. The molecule has 15 heavy (non-hydrogen) atoms. The van der Waals surface area contributed by atoms with E-state index in [2.05, 4.69) is 5.32 Å². The van der Waals surface area contributed by atoms with Crippen LogP contribution in [0.25, 0.3) is 0 Å². The number of hydrogen-bond donors (Lipinski definition) is 3. The average Bonchev–Trinajstić information content (AvgIpc) is 2.09. The Hall–Kier alpha value is -1.14. The topological polar surface area (TPSA) is 102 Å². The Balaban J connectivity index is 4.01. The lowest BCUT2D eigenvalue weighted by atomic mass is 10.1. The first-order chi connectivity index (χ1) is 6.77. The van der Waals surface area contributed by atoms with Crippen molar-refractivity contribution in [1.82, 2.24) is 5.32 Å². The van der Waals surface area contributed by atoms with E-state index >= 15 is 0 Å². The summed E-state index contributed by atoms with van der Waals surface area (Å²) in [4.78, 5) is 21.7. The third-order valence-corrected chi connectivity index (χ3v) is 1.81. The van der Waals surface area contributed by atoms with Crippen LogP contribution in [0.4, 0.5) is 0 Å². The highest BCUT2D eigenvalue weighted by Gasteiger charge is 2.22. The van der Waals surface area contributed by atoms with E-state index in [1.165, 1.54) is 7.11 Å². The summed E-state index contributed by atoms with van der Waals surface area (Å²) in [7, 11) is 1.40. The molecule has 0 radical (unpaired) electrons. The second-order valence-electron chi connectivity index (χ2n) is 3.89. The fourth-order valence-corrected chi connectivity index (χ4v) is 0.868. The number of carboxylic acid groups (broad SMARTS) is 1. The van der Waals surface area contributed by atoms with E-state index in [0.29, 0.717) is 0 Å². The van der Waals surface area contributed by atoms with Crippen molar-refractivity contribution in [3.63, 3.8) is 0 Å². The quantitative estimate of drug-likeness (QED) is 0.548. The van der Waals surface area contributed by atoms with Gasteiger partial charge in [-0.25, -0.2) is 0 Å². The van der Waals surface area contributed by atoms with Crippen LogP contribution in [0.1, 0.15) is 20.3 Å². The first kappa shape index (κ1) is 13.9. The molecule has 0 aromatic carbocycles. The summed E-state index contributed by atoms with van der Waals surface area (Å²) in [5, 5.41) is 11.0. The van der Waals surface area contributed by atoms with E-state index in [4.69, 9.17) is 15.6 Å². The molecule has 0 aliphatic heterocycles. The molecule has 4 N–H and O–H groups in total. The van der Waals surface area contributed by atoms with Gasteiger partial charge in [-0.2, -0.15) is 0 Å². The minimum Gasteiger partial charge on any atom is -0.481 e. The molecule has 0 aliphatic rings. The number of nitrogens with one attached hydrogen (secondary N) is 1. The lowest BCUT2D eigenvalue weighted by molar-refractivity contribution is -0.140. The number of aliphatic carboxylic acids is 1. The monoisotopic (exact) mass is 218 g/mol. The molecule has 0 spiro atoms. The summed E-state index contributed by atoms with van der Waals surface area (Å²) in [6, 6.07) is 0. The van der Waals surface area contributed by atoms with Crippen LogP contribution < -0.4 is 11.1 Å². The number of amides is 1. The van der Waals surface area contributed by atoms with Crippen molar-refractivity contribution in [3.05, 3.63) is 0 Å². The van der Waals surface area contributed by atoms with Gasteiger partial charge in [0.15, 0.2) is 0 Å². The van der Waals surface area contributed by atoms with E-state index in [1.807, 2.05) is 0 Å². The molecule has 6 nitrogen and oxygen atoms in total. The van der Waals surface area contributed by atoms with Crippen molar-refractivity contribution in [3.8, 4) is 0 Å². The smallest absolute Gasteiger partial charge is 0.306 e. The zero-order valence-corrected chi connectivity index (χ0v) is 9.24. The average molecular weight is 218 g/mol. The van der Waals surface area contributed by atoms with Gasteiger partial charge in [0.05, 0.1) is 18.1 Å². The maximum Gasteiger partial charge on any atom is 0.306 e. The highest BCUT2D eigenvalue weighted by Crippen LogP contribution is 1.99. The largest absolute Gasteiger partial charge is 0.481 e. The maximum atomic E-state index is 11.3. The third-order valence-electron chi connectivity index (χ3n) is 1.81. The number of carboxylic acids is 1. The summed E-state index contributed by atoms with van der Waals surface area (Å²) in [6.07, 6.45) is -0.685. The van der Waals surface area contributed by atoms with Crippen LogP contribution in [0.15, 0.2) is 0 Å². The minimum absolute atomic E-state index is 0.141. The molecule has 1 amide bonds. The second kappa shape index (κ2) is 5.67. The van der Waals surface area contributed by atoms with Gasteiger partial charge in [-0.3, -0.25) is 9.59 Å². The summed E-state index contributed by atoms with van der Waals surface area (Å²) < 4.78 is 4.89. The molecule has 0 saturated carbocycles. The molecule has 88 valence electrons. The third kappa shape index (κ3) is 6.03. The fourth-order valence-electron chi connectivity index (χ4n) is 0.868. The number of carbonyl (C=O) groups excluding carboxylic acids is 1. The van der Waals surface area contributed by atoms with Crippen LogP contribution in [0.2, 0.25) is 0 Å². The number of rotatable bonds is 6. The van der Waals surface area contributed by atoms with Crippen molar-refractivity contribution in [2.45, 2.75) is 31.9 Å². The van der Waals surface area contributed by atoms with Gasteiger partial charge in [0.25, 0.3) is 0 Å². The first-order valence-electron chi connectivity index (χ1n) is 4.59. The van der Waals surface area contributed by atoms with Crippen LogP contribution in [0.3, 0.4) is 0 Å². The Kier molecular flexibility index (Phi) is 5.24. The first-order valence-corrected chi connectivity index (χ1v) is 4.59. The van der Waals surface area contributed by atoms with Gasteiger partial charge >= 0.3 is 5.97 Å². The standard InChI is InChI=1S/C9H18N2O4/c1-9(2,10)8(14)11-5-6(15-3)4-7(12)13/h6H,4-5,10H2,1-3H3,(H,11,14)(H,12,13). The Bertz CT molecular complexity index is 235. The molecule has 1 unspecified atom stereocenters. The van der Waals surface area contributed by atoms with Gasteiger partial charge in [-0.05, 0) is 13.8 Å². The van der Waals surface area contributed by atoms with Gasteiger partial charge in [0.2, 0.25) is 5.91 Å². The molecule has 0 aromatic rings. The summed E-state index contributed by atoms with van der Waals surface area (Å²) in [5.74, 6) is -1.31. The summed E-state index contributed by atoms with van der Waals surface area (Å²) in [5.41, 5.74) is 4.57. The van der Waals surface area contributed by atoms with Crippen molar-refractivity contribution in [2.75, 3.05) is 13.7 Å². The SMILES string of the molecule is COC(CNC(=O)C(C)(C)N)CC(=O)O. The van der Waals surface area contributed by atoms with Crippen LogP contribution in [-0.2, 0) is 14.3 Å². The predicted molar refractivity (Wildman–Crippen MR) is 54.3 cm³/mol. The summed E-state index contributed by atoms with van der Waals surface area (Å²) in [6.45, 7) is 3.28. The maximum absolute atomic E-state index is 11.3. The lowest BCUT2D eigenvalue weighted by Crippen LogP contribution is -2.51. The van der Waals surface area contributed by atoms with Crippen molar-refractivity contribution < 1.29 is 19.4 Å². The molecule has 0 saturated heterocycles. The van der Waals surface area contributed by atoms with E-state index in [9.17, 15) is 9.59 Å². The van der Waals surface area contributed by atoms with Crippen LogP contribution in [0.5, 0.6) is 0 Å². The van der Waals surface area contributed by atoms with Crippen molar-refractivity contribution in [2.24, 2.45) is 5.73 Å². The van der Waals surface area contributed by atoms with Gasteiger partial charge in [0.1, 0.15) is 0 Å². The van der Waals surface area contributed by atoms with E-state index in [0.717, 1.165) is 0 Å². The fraction of sp³-hybridized carbons (Fsp3) is 0.778. The molecule has 0 aliphatic carbocycles. The molecule has 0 heterocycles. The number of hydrogen-bond acceptors (Lipinski definition) is 4. The molecule has 0 bridgehead atoms. The Morgan fingerprint density at radius 3 is 2.40 bits per heavy atom. The predicted octanol–water partition coefficient (Wildman–Crippen LogP) is -0.670. The molecule has 0 rings (SSSR count). The van der Waals surface area contributed by atoms with Gasteiger partial charge in [-0.1, -0.05) is 0 Å². The zero-order chi connectivity index (χ0) is 12.1. The van der Waals surface area contributed by atoms with Gasteiger partial charge in [0, 0.05) is 13.7 Å². The zero-order valence-electron chi connectivity index (χ0n) is 9.24. The van der Waals surface area contributed by atoms with Crippen LogP contribution in [0, 0.1) is 0 Å².